The van der Waals surface area contributed by atoms with Crippen LogP contribution in [0.1, 0.15) is 19.0 Å². The van der Waals surface area contributed by atoms with Crippen molar-refractivity contribution in [2.75, 3.05) is 19.5 Å². The average molecular weight is 267 g/mol. The molecule has 2 amide bonds. The number of rotatable bonds is 6. The van der Waals surface area contributed by atoms with Crippen molar-refractivity contribution in [3.63, 3.8) is 0 Å². The molecule has 6 nitrogen and oxygen atoms in total. The van der Waals surface area contributed by atoms with Crippen molar-refractivity contribution < 1.29 is 14.3 Å². The lowest BCUT2D eigenvalue weighted by Crippen LogP contribution is -2.46. The van der Waals surface area contributed by atoms with Crippen LogP contribution >= 0.6 is 0 Å². The fourth-order valence-electron chi connectivity index (χ4n) is 1.72. The number of ether oxygens (including phenoxy) is 2. The molecule has 0 aliphatic rings. The van der Waals surface area contributed by atoms with Crippen LogP contribution < -0.4 is 10.6 Å². The Hall–Kier alpha value is -1.66. The number of nitrogens with zero attached hydrogens (tertiary/aromatic N) is 1. The molecule has 0 saturated heterocycles. The lowest BCUT2D eigenvalue weighted by Gasteiger charge is -2.24. The first-order valence-corrected chi connectivity index (χ1v) is 6.17. The van der Waals surface area contributed by atoms with Gasteiger partial charge in [0, 0.05) is 19.9 Å². The van der Waals surface area contributed by atoms with E-state index in [1.807, 2.05) is 26.0 Å². The SMILES string of the molecule is CCC(NC(=O)Nc1cccc(C)n1)C(OC)OC. The molecule has 6 heteroatoms. The molecule has 0 radical (unpaired) electrons. The van der Waals surface area contributed by atoms with Crippen molar-refractivity contribution in [3.8, 4) is 0 Å². The Bertz CT molecular complexity index is 408. The topological polar surface area (TPSA) is 72.5 Å². The molecule has 0 aliphatic carbocycles. The molecule has 2 N–H and O–H groups in total. The van der Waals surface area contributed by atoms with Crippen LogP contribution in [0.2, 0.25) is 0 Å². The normalized spacial score (nSPS) is 12.3. The number of pyridine rings is 1. The van der Waals surface area contributed by atoms with E-state index in [0.29, 0.717) is 12.2 Å². The Kier molecular flexibility index (Phi) is 6.24. The summed E-state index contributed by atoms with van der Waals surface area (Å²) >= 11 is 0. The molecule has 0 saturated carbocycles. The van der Waals surface area contributed by atoms with Gasteiger partial charge in [-0.25, -0.2) is 9.78 Å². The highest BCUT2D eigenvalue weighted by atomic mass is 16.7. The van der Waals surface area contributed by atoms with Crippen molar-refractivity contribution >= 4 is 11.8 Å². The maximum Gasteiger partial charge on any atom is 0.320 e. The maximum absolute atomic E-state index is 11.9. The number of aryl methyl sites for hydroxylation is 1. The van der Waals surface area contributed by atoms with Gasteiger partial charge in [0.15, 0.2) is 6.29 Å². The highest BCUT2D eigenvalue weighted by molar-refractivity contribution is 5.88. The van der Waals surface area contributed by atoms with E-state index >= 15 is 0 Å². The van der Waals surface area contributed by atoms with Gasteiger partial charge in [0.05, 0.1) is 6.04 Å². The highest BCUT2D eigenvalue weighted by Crippen LogP contribution is 2.06. The summed E-state index contributed by atoms with van der Waals surface area (Å²) in [4.78, 5) is 16.1. The third-order valence-corrected chi connectivity index (χ3v) is 2.68. The summed E-state index contributed by atoms with van der Waals surface area (Å²) in [7, 11) is 3.08. The lowest BCUT2D eigenvalue weighted by molar-refractivity contribution is -0.120. The molecular weight excluding hydrogens is 246 g/mol. The van der Waals surface area contributed by atoms with E-state index in [2.05, 4.69) is 15.6 Å². The highest BCUT2D eigenvalue weighted by Gasteiger charge is 2.21. The van der Waals surface area contributed by atoms with E-state index in [1.165, 1.54) is 0 Å². The van der Waals surface area contributed by atoms with E-state index in [0.717, 1.165) is 5.69 Å². The number of methoxy groups -OCH3 is 2. The predicted molar refractivity (Wildman–Crippen MR) is 73.0 cm³/mol. The fraction of sp³-hybridized carbons (Fsp3) is 0.538. The Morgan fingerprint density at radius 2 is 2.05 bits per heavy atom. The molecule has 1 aromatic rings. The molecule has 106 valence electrons. The zero-order valence-corrected chi connectivity index (χ0v) is 11.8. The quantitative estimate of drug-likeness (QED) is 0.772. The molecule has 1 aromatic heterocycles. The number of urea groups is 1. The average Bonchev–Trinajstić information content (AvgIpc) is 2.38. The molecule has 19 heavy (non-hydrogen) atoms. The number of amides is 2. The number of aromatic nitrogens is 1. The largest absolute Gasteiger partial charge is 0.354 e. The van der Waals surface area contributed by atoms with E-state index < -0.39 is 6.29 Å². The smallest absolute Gasteiger partial charge is 0.320 e. The summed E-state index contributed by atoms with van der Waals surface area (Å²) in [5.74, 6) is 0.513. The van der Waals surface area contributed by atoms with Gasteiger partial charge in [0.1, 0.15) is 5.82 Å². The van der Waals surface area contributed by atoms with Gasteiger partial charge in [-0.05, 0) is 25.5 Å². The summed E-state index contributed by atoms with van der Waals surface area (Å²) < 4.78 is 10.3. The lowest BCUT2D eigenvalue weighted by atomic mass is 10.2. The number of anilines is 1. The van der Waals surface area contributed by atoms with Crippen LogP contribution in [0.25, 0.3) is 0 Å². The number of nitrogens with one attached hydrogen (secondary N) is 2. The second kappa shape index (κ2) is 7.70. The molecule has 0 aromatic carbocycles. The molecule has 1 unspecified atom stereocenters. The van der Waals surface area contributed by atoms with Crippen LogP contribution in [0.3, 0.4) is 0 Å². The molecule has 1 heterocycles. The number of hydrogen-bond acceptors (Lipinski definition) is 4. The number of hydrogen-bond donors (Lipinski definition) is 2. The summed E-state index contributed by atoms with van der Waals surface area (Å²) in [5.41, 5.74) is 0.844. The minimum Gasteiger partial charge on any atom is -0.354 e. The van der Waals surface area contributed by atoms with Crippen molar-refractivity contribution in [2.45, 2.75) is 32.6 Å². The fourth-order valence-corrected chi connectivity index (χ4v) is 1.72. The number of carbonyl (C=O) groups is 1. The van der Waals surface area contributed by atoms with Crippen molar-refractivity contribution in [3.05, 3.63) is 23.9 Å². The monoisotopic (exact) mass is 267 g/mol. The third kappa shape index (κ3) is 4.84. The maximum atomic E-state index is 11.9. The van der Waals surface area contributed by atoms with Crippen LogP contribution in [0.5, 0.6) is 0 Å². The third-order valence-electron chi connectivity index (χ3n) is 2.68. The van der Waals surface area contributed by atoms with Gasteiger partial charge in [0.25, 0.3) is 0 Å². The molecule has 1 atom stereocenters. The minimum absolute atomic E-state index is 0.222. The van der Waals surface area contributed by atoms with Crippen molar-refractivity contribution in [1.82, 2.24) is 10.3 Å². The zero-order chi connectivity index (χ0) is 14.3. The van der Waals surface area contributed by atoms with E-state index in [9.17, 15) is 4.79 Å². The predicted octanol–water partition coefficient (Wildman–Crippen LogP) is 1.91. The molecule has 0 bridgehead atoms. The van der Waals surface area contributed by atoms with Gasteiger partial charge in [0.2, 0.25) is 0 Å². The second-order valence-corrected chi connectivity index (χ2v) is 4.12. The summed E-state index contributed by atoms with van der Waals surface area (Å²) in [5, 5.41) is 5.47. The van der Waals surface area contributed by atoms with E-state index in [-0.39, 0.29) is 12.1 Å². The summed E-state index contributed by atoms with van der Waals surface area (Å²) in [6, 6.07) is 4.88. The number of carbonyl (C=O) groups excluding carboxylic acids is 1. The van der Waals surface area contributed by atoms with E-state index in [4.69, 9.17) is 9.47 Å². The van der Waals surface area contributed by atoms with Gasteiger partial charge >= 0.3 is 6.03 Å². The Morgan fingerprint density at radius 3 is 2.58 bits per heavy atom. The molecule has 0 aliphatic heterocycles. The van der Waals surface area contributed by atoms with Crippen LogP contribution in [-0.4, -0.2) is 37.6 Å². The van der Waals surface area contributed by atoms with Crippen LogP contribution in [0.15, 0.2) is 18.2 Å². The Morgan fingerprint density at radius 1 is 1.37 bits per heavy atom. The van der Waals surface area contributed by atoms with Gasteiger partial charge in [-0.1, -0.05) is 13.0 Å². The Labute approximate surface area is 113 Å². The molecular formula is C13H21N3O3. The first kappa shape index (κ1) is 15.4. The van der Waals surface area contributed by atoms with Crippen LogP contribution in [-0.2, 0) is 9.47 Å². The van der Waals surface area contributed by atoms with Gasteiger partial charge in [-0.2, -0.15) is 0 Å². The summed E-state index contributed by atoms with van der Waals surface area (Å²) in [6.45, 7) is 3.81. The molecule has 1 rings (SSSR count). The van der Waals surface area contributed by atoms with E-state index in [1.54, 1.807) is 20.3 Å². The van der Waals surface area contributed by atoms with Gasteiger partial charge in [-0.3, -0.25) is 5.32 Å². The van der Waals surface area contributed by atoms with Gasteiger partial charge < -0.3 is 14.8 Å². The Balaban J connectivity index is 2.58. The second-order valence-electron chi connectivity index (χ2n) is 4.12. The van der Waals surface area contributed by atoms with Crippen molar-refractivity contribution in [2.24, 2.45) is 0 Å². The van der Waals surface area contributed by atoms with Crippen LogP contribution in [0, 0.1) is 6.92 Å². The van der Waals surface area contributed by atoms with Gasteiger partial charge in [-0.15, -0.1) is 0 Å². The zero-order valence-electron chi connectivity index (χ0n) is 11.8. The molecule has 0 spiro atoms. The minimum atomic E-state index is -0.471. The summed E-state index contributed by atoms with van der Waals surface area (Å²) in [6.07, 6.45) is 0.224. The van der Waals surface area contributed by atoms with Crippen molar-refractivity contribution in [1.29, 1.82) is 0 Å². The standard InChI is InChI=1S/C13H21N3O3/c1-5-10(12(18-3)19-4)15-13(17)16-11-8-6-7-9(2)14-11/h6-8,10,12H,5H2,1-4H3,(H2,14,15,16,17). The molecule has 0 fully saturated rings. The van der Waals surface area contributed by atoms with Crippen LogP contribution in [0.4, 0.5) is 10.6 Å². The first-order chi connectivity index (χ1) is 9.10. The first-order valence-electron chi connectivity index (χ1n) is 6.17.